The van der Waals surface area contributed by atoms with Crippen LogP contribution in [0.1, 0.15) is 34.6 Å². The number of aliphatic hydroxyl groups is 1. The third-order valence-electron chi connectivity index (χ3n) is 4.68. The van der Waals surface area contributed by atoms with Crippen LogP contribution in [-0.2, 0) is 18.0 Å². The van der Waals surface area contributed by atoms with Crippen LogP contribution < -0.4 is 10.2 Å². The van der Waals surface area contributed by atoms with Crippen LogP contribution in [-0.4, -0.2) is 47.3 Å². The predicted octanol–water partition coefficient (Wildman–Crippen LogP) is 1.58. The zero-order valence-electron chi connectivity index (χ0n) is 15.6. The monoisotopic (exact) mass is 372 g/mol. The molecule has 1 N–H and O–H groups in total. The van der Waals surface area contributed by atoms with Gasteiger partial charge < -0.3 is 24.0 Å². The van der Waals surface area contributed by atoms with E-state index in [4.69, 9.17) is 9.47 Å². The first-order chi connectivity index (χ1) is 13.1. The molecule has 144 valence electrons. The van der Waals surface area contributed by atoms with E-state index in [1.54, 1.807) is 22.8 Å². The number of hydrogen-bond acceptors (Lipinski definition) is 5. The average molecular weight is 372 g/mol. The number of methoxy groups -OCH3 is 1. The van der Waals surface area contributed by atoms with Crippen molar-refractivity contribution in [1.29, 1.82) is 0 Å². The van der Waals surface area contributed by atoms with Crippen LogP contribution in [0.5, 0.6) is 5.75 Å². The number of benzene rings is 1. The number of amides is 1. The highest BCUT2D eigenvalue weighted by Crippen LogP contribution is 2.27. The maximum Gasteiger partial charge on any atom is 0.274 e. The fourth-order valence-corrected chi connectivity index (χ4v) is 3.23. The van der Waals surface area contributed by atoms with Gasteiger partial charge in [0, 0.05) is 38.0 Å². The lowest BCUT2D eigenvalue weighted by molar-refractivity contribution is 0.0597. The number of nitrogens with zero attached hydrogens (tertiary/aromatic N) is 2. The average Bonchev–Trinajstić information content (AvgIpc) is 2.69. The molecule has 7 heteroatoms. The van der Waals surface area contributed by atoms with Gasteiger partial charge in [0.15, 0.2) is 11.4 Å². The molecule has 2 heterocycles. The first-order valence-electron chi connectivity index (χ1n) is 8.90. The quantitative estimate of drug-likeness (QED) is 0.798. The first kappa shape index (κ1) is 19.1. The summed E-state index contributed by atoms with van der Waals surface area (Å²) in [6.45, 7) is 3.07. The summed E-state index contributed by atoms with van der Waals surface area (Å²) in [4.78, 5) is 27.5. The lowest BCUT2D eigenvalue weighted by Gasteiger charge is -2.35. The molecule has 27 heavy (non-hydrogen) atoms. The molecule has 0 radical (unpaired) electrons. The van der Waals surface area contributed by atoms with Gasteiger partial charge in [-0.25, -0.2) is 0 Å². The summed E-state index contributed by atoms with van der Waals surface area (Å²) in [5.74, 6) is -0.279. The Morgan fingerprint density at radius 2 is 1.96 bits per heavy atom. The fourth-order valence-electron chi connectivity index (χ4n) is 3.23. The largest absolute Gasteiger partial charge is 0.483 e. The molecule has 1 aliphatic rings. The minimum atomic E-state index is -0.450. The van der Waals surface area contributed by atoms with Gasteiger partial charge in [-0.3, -0.25) is 9.59 Å². The van der Waals surface area contributed by atoms with E-state index in [-0.39, 0.29) is 35.6 Å². The van der Waals surface area contributed by atoms with E-state index in [0.717, 1.165) is 5.56 Å². The normalized spacial score (nSPS) is 16.3. The van der Waals surface area contributed by atoms with E-state index < -0.39 is 12.0 Å². The highest BCUT2D eigenvalue weighted by atomic mass is 16.5. The van der Waals surface area contributed by atoms with E-state index in [0.29, 0.717) is 19.7 Å². The molecule has 0 bridgehead atoms. The van der Waals surface area contributed by atoms with Crippen LogP contribution in [0.3, 0.4) is 0 Å². The van der Waals surface area contributed by atoms with Crippen molar-refractivity contribution in [2.45, 2.75) is 26.2 Å². The van der Waals surface area contributed by atoms with E-state index >= 15 is 0 Å². The van der Waals surface area contributed by atoms with Crippen molar-refractivity contribution in [3.63, 3.8) is 0 Å². The molecule has 2 aromatic rings. The third kappa shape index (κ3) is 3.89. The molecule has 0 spiro atoms. The molecule has 0 saturated carbocycles. The Bertz CT molecular complexity index is 863. The van der Waals surface area contributed by atoms with E-state index in [1.807, 2.05) is 37.3 Å². The third-order valence-corrected chi connectivity index (χ3v) is 4.68. The number of aliphatic hydroxyl groups excluding tert-OH is 1. The topological polar surface area (TPSA) is 81.0 Å². The molecule has 1 atom stereocenters. The second-order valence-electron chi connectivity index (χ2n) is 6.59. The van der Waals surface area contributed by atoms with Crippen LogP contribution >= 0.6 is 0 Å². The van der Waals surface area contributed by atoms with E-state index in [9.17, 15) is 14.7 Å². The smallest absolute Gasteiger partial charge is 0.274 e. The Morgan fingerprint density at radius 1 is 1.22 bits per heavy atom. The van der Waals surface area contributed by atoms with Crippen LogP contribution in [0.2, 0.25) is 0 Å². The Hall–Kier alpha value is -2.64. The number of aromatic nitrogens is 1. The van der Waals surface area contributed by atoms with Crippen molar-refractivity contribution in [1.82, 2.24) is 9.47 Å². The highest BCUT2D eigenvalue weighted by Gasteiger charge is 2.33. The molecular formula is C20H24N2O5. The van der Waals surface area contributed by atoms with Gasteiger partial charge in [-0.05, 0) is 12.5 Å². The molecule has 7 nitrogen and oxygen atoms in total. The number of fused-ring (bicyclic) bond motifs is 1. The Kier molecular flexibility index (Phi) is 5.93. The molecular weight excluding hydrogens is 348 g/mol. The number of pyridine rings is 1. The van der Waals surface area contributed by atoms with Gasteiger partial charge in [-0.15, -0.1) is 0 Å². The van der Waals surface area contributed by atoms with Crippen LogP contribution in [0.25, 0.3) is 0 Å². The first-order valence-corrected chi connectivity index (χ1v) is 8.90. The Morgan fingerprint density at radius 3 is 2.63 bits per heavy atom. The fraction of sp³-hybridized carbons (Fsp3) is 0.400. The summed E-state index contributed by atoms with van der Waals surface area (Å²) < 4.78 is 12.6. The Labute approximate surface area is 157 Å². The van der Waals surface area contributed by atoms with Crippen LogP contribution in [0, 0.1) is 0 Å². The van der Waals surface area contributed by atoms with Gasteiger partial charge in [0.1, 0.15) is 6.61 Å². The summed E-state index contributed by atoms with van der Waals surface area (Å²) in [6.07, 6.45) is 1.56. The molecule has 3 rings (SSSR count). The lowest BCUT2D eigenvalue weighted by Crippen LogP contribution is -2.45. The minimum absolute atomic E-state index is 0.00984. The lowest BCUT2D eigenvalue weighted by atomic mass is 10.1. The minimum Gasteiger partial charge on any atom is -0.483 e. The summed E-state index contributed by atoms with van der Waals surface area (Å²) >= 11 is 0. The number of rotatable bonds is 7. The van der Waals surface area contributed by atoms with E-state index in [1.165, 1.54) is 0 Å². The summed E-state index contributed by atoms with van der Waals surface area (Å²) in [5, 5.41) is 9.57. The van der Waals surface area contributed by atoms with Crippen LogP contribution in [0.15, 0.2) is 41.3 Å². The van der Waals surface area contributed by atoms with Gasteiger partial charge in [-0.2, -0.15) is 0 Å². The molecule has 0 saturated heterocycles. The number of carbonyl (C=O) groups excluding carboxylic acids is 1. The van der Waals surface area contributed by atoms with Gasteiger partial charge in [0.25, 0.3) is 5.91 Å². The van der Waals surface area contributed by atoms with Gasteiger partial charge in [-0.1, -0.05) is 30.3 Å². The summed E-state index contributed by atoms with van der Waals surface area (Å²) in [6, 6.07) is 9.37. The van der Waals surface area contributed by atoms with Gasteiger partial charge in [0.2, 0.25) is 5.43 Å². The molecule has 1 amide bonds. The highest BCUT2D eigenvalue weighted by molar-refractivity contribution is 5.96. The number of hydrogen-bond donors (Lipinski definition) is 1. The predicted molar refractivity (Wildman–Crippen MR) is 99.9 cm³/mol. The molecule has 1 aromatic carbocycles. The molecule has 1 aliphatic heterocycles. The number of carbonyl (C=O) groups is 1. The second kappa shape index (κ2) is 8.37. The van der Waals surface area contributed by atoms with Crippen molar-refractivity contribution < 1.29 is 19.4 Å². The van der Waals surface area contributed by atoms with Crippen molar-refractivity contribution in [3.05, 3.63) is 63.6 Å². The maximum absolute atomic E-state index is 13.0. The Balaban J connectivity index is 2.02. The standard InChI is InChI=1S/C20H24N2O5/c1-14-10-21(8-9-26-2)20(25)17-19(18(24)16(12-23)11-22(14)17)27-13-15-6-4-3-5-7-15/h3-7,11,14,23H,8-10,12-13H2,1-2H3/t14-/m0/s1. The maximum atomic E-state index is 13.0. The zero-order chi connectivity index (χ0) is 19.4. The van der Waals surface area contributed by atoms with Crippen molar-refractivity contribution in [3.8, 4) is 5.75 Å². The number of ether oxygens (including phenoxy) is 2. The van der Waals surface area contributed by atoms with Crippen LogP contribution in [0.4, 0.5) is 0 Å². The SMILES string of the molecule is COCCN1C[C@H](C)n2cc(CO)c(=O)c(OCc3ccccc3)c2C1=O. The van der Waals surface area contributed by atoms with E-state index in [2.05, 4.69) is 0 Å². The van der Waals surface area contributed by atoms with Crippen molar-refractivity contribution in [2.24, 2.45) is 0 Å². The molecule has 1 aromatic heterocycles. The zero-order valence-corrected chi connectivity index (χ0v) is 15.6. The summed E-state index contributed by atoms with van der Waals surface area (Å²) in [7, 11) is 1.58. The summed E-state index contributed by atoms with van der Waals surface area (Å²) in [5.41, 5.74) is 0.876. The second-order valence-corrected chi connectivity index (χ2v) is 6.59. The van der Waals surface area contributed by atoms with Crippen molar-refractivity contribution >= 4 is 5.91 Å². The molecule has 0 unspecified atom stereocenters. The van der Waals surface area contributed by atoms with Gasteiger partial charge >= 0.3 is 0 Å². The van der Waals surface area contributed by atoms with Gasteiger partial charge in [0.05, 0.1) is 13.2 Å². The molecule has 0 aliphatic carbocycles. The molecule has 0 fully saturated rings. The van der Waals surface area contributed by atoms with Crippen molar-refractivity contribution in [2.75, 3.05) is 26.8 Å².